The molecule has 3 rings (SSSR count). The molecule has 1 atom stereocenters. The van der Waals surface area contributed by atoms with Crippen molar-refractivity contribution in [2.24, 2.45) is 10.7 Å². The van der Waals surface area contributed by atoms with E-state index in [-0.39, 0.29) is 5.91 Å². The van der Waals surface area contributed by atoms with Gasteiger partial charge in [0.2, 0.25) is 0 Å². The molecular weight excluding hydrogens is 420 g/mol. The molecule has 7 nitrogen and oxygen atoms in total. The normalized spacial score (nSPS) is 17.1. The van der Waals surface area contributed by atoms with Crippen molar-refractivity contribution in [2.45, 2.75) is 38.3 Å². The Kier molecular flexibility index (Phi) is 7.04. The van der Waals surface area contributed by atoms with Crippen molar-refractivity contribution in [3.63, 3.8) is 0 Å². The summed E-state index contributed by atoms with van der Waals surface area (Å²) in [6.45, 7) is 6.29. The molecule has 1 saturated heterocycles. The number of rotatable bonds is 5. The Balaban J connectivity index is 1.55. The second-order valence-electron chi connectivity index (χ2n) is 7.76. The molecule has 0 radical (unpaired) electrons. The summed E-state index contributed by atoms with van der Waals surface area (Å²) < 4.78 is 5.41. The minimum Gasteiger partial charge on any atom is -0.444 e. The van der Waals surface area contributed by atoms with Crippen molar-refractivity contribution in [3.05, 3.63) is 52.2 Å². The van der Waals surface area contributed by atoms with Crippen molar-refractivity contribution < 1.29 is 14.3 Å². The van der Waals surface area contributed by atoms with Crippen molar-refractivity contribution in [1.29, 1.82) is 0 Å². The molecule has 9 heteroatoms. The van der Waals surface area contributed by atoms with Crippen LogP contribution in [0.1, 0.15) is 31.2 Å². The fraction of sp³-hybridized carbons (Fsp3) is 0.381. The van der Waals surface area contributed by atoms with Crippen LogP contribution >= 0.6 is 23.1 Å². The van der Waals surface area contributed by atoms with Gasteiger partial charge in [0.15, 0.2) is 5.37 Å². The highest BCUT2D eigenvalue weighted by atomic mass is 32.2. The zero-order valence-corrected chi connectivity index (χ0v) is 18.9. The molecule has 1 aromatic carbocycles. The lowest BCUT2D eigenvalue weighted by molar-refractivity contribution is -0.123. The molecule has 0 bridgehead atoms. The summed E-state index contributed by atoms with van der Waals surface area (Å²) in [5.41, 5.74) is 7.10. The first-order valence-electron chi connectivity index (χ1n) is 9.59. The molecule has 1 unspecified atom stereocenters. The first kappa shape index (κ1) is 22.2. The molecule has 2 heterocycles. The van der Waals surface area contributed by atoms with Crippen LogP contribution in [0, 0.1) is 0 Å². The predicted molar refractivity (Wildman–Crippen MR) is 122 cm³/mol. The van der Waals surface area contributed by atoms with Gasteiger partial charge in [-0.2, -0.15) is 0 Å². The van der Waals surface area contributed by atoms with Gasteiger partial charge in [-0.25, -0.2) is 9.79 Å². The van der Waals surface area contributed by atoms with Crippen molar-refractivity contribution in [2.75, 3.05) is 12.3 Å². The van der Waals surface area contributed by atoms with Crippen molar-refractivity contribution in [3.8, 4) is 0 Å². The first-order valence-corrected chi connectivity index (χ1v) is 11.5. The van der Waals surface area contributed by atoms with Gasteiger partial charge in [-0.05, 0) is 49.9 Å². The summed E-state index contributed by atoms with van der Waals surface area (Å²) in [5.74, 6) is 0.981. The Morgan fingerprint density at radius 2 is 2.00 bits per heavy atom. The summed E-state index contributed by atoms with van der Waals surface area (Å²) in [7, 11) is 0. The lowest BCUT2D eigenvalue weighted by atomic mass is 10.2. The Morgan fingerprint density at radius 3 is 2.63 bits per heavy atom. The maximum Gasteiger partial charge on any atom is 0.411 e. The van der Waals surface area contributed by atoms with E-state index in [1.807, 2.05) is 62.5 Å². The highest BCUT2D eigenvalue weighted by Gasteiger charge is 2.37. The summed E-state index contributed by atoms with van der Waals surface area (Å²) >= 11 is 2.98. The molecular formula is C21H26N4O3S2. The lowest BCUT2D eigenvalue weighted by Gasteiger charge is -2.27. The molecule has 0 spiro atoms. The summed E-state index contributed by atoms with van der Waals surface area (Å²) in [6.07, 6.45) is -0.460. The Labute approximate surface area is 184 Å². The zero-order chi connectivity index (χ0) is 21.7. The van der Waals surface area contributed by atoms with E-state index in [1.165, 1.54) is 28.0 Å². The number of carbonyl (C=O) groups is 2. The molecule has 1 aliphatic rings. The second-order valence-corrected chi connectivity index (χ2v) is 9.89. The quantitative estimate of drug-likeness (QED) is 0.539. The maximum atomic E-state index is 12.6. The number of thioether (sulfide) groups is 1. The number of nitrogens with zero attached hydrogens (tertiary/aromatic N) is 2. The van der Waals surface area contributed by atoms with Gasteiger partial charge in [-0.3, -0.25) is 9.69 Å². The highest BCUT2D eigenvalue weighted by Crippen LogP contribution is 2.26. The molecule has 1 aromatic heterocycles. The fourth-order valence-electron chi connectivity index (χ4n) is 2.78. The molecule has 2 aromatic rings. The van der Waals surface area contributed by atoms with Crippen LogP contribution in [0.5, 0.6) is 0 Å². The van der Waals surface area contributed by atoms with Gasteiger partial charge in [-0.15, -0.1) is 23.1 Å². The molecule has 1 aliphatic heterocycles. The standard InChI is InChI=1S/C21H26N4O3S2/c1-21(2,3)28-20(27)25-10-12-30-19(25)18(26)23-13-14-6-8-15(9-7-14)24-17(22)16-5-4-11-29-16/h4-9,11,19H,10,12-13H2,1-3H3,(H2,22,24)(H,23,26). The number of nitrogens with two attached hydrogens (primary N) is 1. The van der Waals surface area contributed by atoms with Crippen LogP contribution < -0.4 is 11.1 Å². The molecule has 160 valence electrons. The van der Waals surface area contributed by atoms with Crippen LogP contribution in [0.3, 0.4) is 0 Å². The Hall–Kier alpha value is -2.52. The number of aliphatic imine (C=N–C) groups is 1. The molecule has 1 fully saturated rings. The average Bonchev–Trinajstić information content (AvgIpc) is 3.37. The molecule has 0 aliphatic carbocycles. The van der Waals surface area contributed by atoms with Crippen LogP contribution in [-0.2, 0) is 16.1 Å². The van der Waals surface area contributed by atoms with E-state index < -0.39 is 17.1 Å². The molecule has 3 N–H and O–H groups in total. The molecule has 2 amide bonds. The third kappa shape index (κ3) is 5.99. The van der Waals surface area contributed by atoms with Gasteiger partial charge in [0.1, 0.15) is 11.4 Å². The zero-order valence-electron chi connectivity index (χ0n) is 17.3. The number of hydrogen-bond donors (Lipinski definition) is 2. The van der Waals surface area contributed by atoms with Crippen molar-refractivity contribution in [1.82, 2.24) is 10.2 Å². The molecule has 0 saturated carbocycles. The SMILES string of the molecule is CC(C)(C)OC(=O)N1CCSC1C(=O)NCc1ccc(N=C(N)c2cccs2)cc1. The topological polar surface area (TPSA) is 97.0 Å². The van der Waals surface area contributed by atoms with Gasteiger partial charge in [0, 0.05) is 18.8 Å². The summed E-state index contributed by atoms with van der Waals surface area (Å²) in [5, 5.41) is 4.28. The maximum absolute atomic E-state index is 12.6. The number of thiophene rings is 1. The fourth-order valence-corrected chi connectivity index (χ4v) is 4.54. The highest BCUT2D eigenvalue weighted by molar-refractivity contribution is 8.00. The Bertz CT molecular complexity index is 905. The van der Waals surface area contributed by atoms with Crippen LogP contribution in [0.4, 0.5) is 10.5 Å². The number of nitrogens with one attached hydrogen (secondary N) is 1. The third-order valence-electron chi connectivity index (χ3n) is 4.17. The number of amidine groups is 1. The van der Waals surface area contributed by atoms with Crippen LogP contribution in [0.15, 0.2) is 46.8 Å². The number of ether oxygens (including phenoxy) is 1. The van der Waals surface area contributed by atoms with Crippen LogP contribution in [0.25, 0.3) is 0 Å². The van der Waals surface area contributed by atoms with E-state index >= 15 is 0 Å². The van der Waals surface area contributed by atoms with E-state index in [9.17, 15) is 9.59 Å². The van der Waals surface area contributed by atoms with Gasteiger partial charge in [0.05, 0.1) is 10.6 Å². The lowest BCUT2D eigenvalue weighted by Crippen LogP contribution is -2.46. The number of amides is 2. The first-order chi connectivity index (χ1) is 14.2. The summed E-state index contributed by atoms with van der Waals surface area (Å²) in [4.78, 5) is 31.8. The number of carbonyl (C=O) groups excluding carboxylic acids is 2. The van der Waals surface area contributed by atoms with Crippen LogP contribution in [0.2, 0.25) is 0 Å². The Morgan fingerprint density at radius 1 is 1.27 bits per heavy atom. The smallest absolute Gasteiger partial charge is 0.411 e. The van der Waals surface area contributed by atoms with E-state index in [2.05, 4.69) is 10.3 Å². The van der Waals surface area contributed by atoms with E-state index in [4.69, 9.17) is 10.5 Å². The van der Waals surface area contributed by atoms with Crippen LogP contribution in [-0.4, -0.2) is 46.0 Å². The van der Waals surface area contributed by atoms with E-state index in [1.54, 1.807) is 0 Å². The van der Waals surface area contributed by atoms with Gasteiger partial charge in [-0.1, -0.05) is 18.2 Å². The third-order valence-corrected chi connectivity index (χ3v) is 6.26. The monoisotopic (exact) mass is 446 g/mol. The van der Waals surface area contributed by atoms with E-state index in [0.29, 0.717) is 24.7 Å². The van der Waals surface area contributed by atoms with E-state index in [0.717, 1.165) is 16.1 Å². The number of benzene rings is 1. The van der Waals surface area contributed by atoms with Gasteiger partial charge in [0.25, 0.3) is 5.91 Å². The average molecular weight is 447 g/mol. The van der Waals surface area contributed by atoms with Gasteiger partial charge < -0.3 is 15.8 Å². The molecule has 30 heavy (non-hydrogen) atoms. The second kappa shape index (κ2) is 9.53. The summed E-state index contributed by atoms with van der Waals surface area (Å²) in [6, 6.07) is 11.4. The van der Waals surface area contributed by atoms with Gasteiger partial charge >= 0.3 is 6.09 Å². The number of hydrogen-bond acceptors (Lipinski definition) is 6. The largest absolute Gasteiger partial charge is 0.444 e. The van der Waals surface area contributed by atoms with Crippen molar-refractivity contribution >= 4 is 46.6 Å². The predicted octanol–water partition coefficient (Wildman–Crippen LogP) is 3.71. The minimum atomic E-state index is -0.595. The minimum absolute atomic E-state index is 0.201.